The Morgan fingerprint density at radius 3 is 2.59 bits per heavy atom. The molecule has 1 aromatic carbocycles. The molecule has 0 aliphatic carbocycles. The van der Waals surface area contributed by atoms with Gasteiger partial charge in [0.25, 0.3) is 0 Å². The summed E-state index contributed by atoms with van der Waals surface area (Å²) in [5.41, 5.74) is 1.18. The average molecular weight is 301 g/mol. The van der Waals surface area contributed by atoms with Crippen LogP contribution in [0, 0.1) is 6.92 Å². The van der Waals surface area contributed by atoms with E-state index in [1.807, 2.05) is 31.2 Å². The average Bonchev–Trinajstić information content (AvgIpc) is 3.13. The molecule has 1 aromatic heterocycles. The zero-order valence-corrected chi connectivity index (χ0v) is 13.0. The third-order valence-corrected chi connectivity index (χ3v) is 4.00. The van der Waals surface area contributed by atoms with E-state index in [0.29, 0.717) is 11.9 Å². The lowest BCUT2D eigenvalue weighted by molar-refractivity contribution is 0.0654. The Kier molecular flexibility index (Phi) is 4.80. The van der Waals surface area contributed by atoms with Crippen LogP contribution in [0.4, 0.5) is 0 Å². The quantitative estimate of drug-likeness (QED) is 0.887. The molecule has 1 N–H and O–H groups in total. The Morgan fingerprint density at radius 2 is 1.95 bits per heavy atom. The summed E-state index contributed by atoms with van der Waals surface area (Å²) >= 11 is 0. The van der Waals surface area contributed by atoms with Gasteiger partial charge in [-0.1, -0.05) is 12.1 Å². The Bertz CT molecular complexity index is 585. The molecule has 3 rings (SSSR count). The number of rotatable bonds is 6. The molecule has 0 bridgehead atoms. The maximum absolute atomic E-state index is 9.41. The number of hydrogen-bond donors (Lipinski definition) is 1. The van der Waals surface area contributed by atoms with Crippen LogP contribution in [0.5, 0.6) is 5.75 Å². The predicted molar refractivity (Wildman–Crippen MR) is 84.6 cm³/mol. The second-order valence-electron chi connectivity index (χ2n) is 5.98. The Morgan fingerprint density at radius 1 is 1.14 bits per heavy atom. The minimum absolute atomic E-state index is 0.302. The highest BCUT2D eigenvalue weighted by Gasteiger charge is 2.20. The lowest BCUT2D eigenvalue weighted by Crippen LogP contribution is -2.31. The highest BCUT2D eigenvalue weighted by molar-refractivity contribution is 5.25. The van der Waals surface area contributed by atoms with Gasteiger partial charge in [-0.25, -0.2) is 0 Å². The van der Waals surface area contributed by atoms with Gasteiger partial charge in [-0.15, -0.1) is 0 Å². The van der Waals surface area contributed by atoms with Crippen molar-refractivity contribution in [1.82, 2.24) is 4.90 Å². The molecule has 1 fully saturated rings. The Labute approximate surface area is 131 Å². The Balaban J connectivity index is 1.68. The van der Waals surface area contributed by atoms with Crippen LogP contribution in [0.2, 0.25) is 0 Å². The van der Waals surface area contributed by atoms with Gasteiger partial charge in [0.05, 0.1) is 12.6 Å². The van der Waals surface area contributed by atoms with Crippen LogP contribution in [0.1, 0.15) is 29.9 Å². The van der Waals surface area contributed by atoms with Crippen molar-refractivity contribution in [2.75, 3.05) is 13.2 Å². The van der Waals surface area contributed by atoms with Gasteiger partial charge < -0.3 is 14.3 Å². The summed E-state index contributed by atoms with van der Waals surface area (Å²) in [5, 5.41) is 9.41. The molecule has 1 aliphatic heterocycles. The van der Waals surface area contributed by atoms with Crippen molar-refractivity contribution in [3.63, 3.8) is 0 Å². The number of aromatic hydroxyl groups is 1. The van der Waals surface area contributed by atoms with Crippen molar-refractivity contribution in [1.29, 1.82) is 0 Å². The molecule has 22 heavy (non-hydrogen) atoms. The van der Waals surface area contributed by atoms with Gasteiger partial charge >= 0.3 is 0 Å². The topological polar surface area (TPSA) is 45.8 Å². The molecule has 118 valence electrons. The minimum atomic E-state index is 0.302. The van der Waals surface area contributed by atoms with Crippen molar-refractivity contribution >= 4 is 0 Å². The van der Waals surface area contributed by atoms with E-state index in [1.165, 1.54) is 5.56 Å². The van der Waals surface area contributed by atoms with Crippen LogP contribution < -0.4 is 0 Å². The van der Waals surface area contributed by atoms with E-state index in [1.54, 1.807) is 12.1 Å². The van der Waals surface area contributed by atoms with Crippen LogP contribution >= 0.6 is 0 Å². The zero-order valence-electron chi connectivity index (χ0n) is 13.0. The predicted octanol–water partition coefficient (Wildman–Crippen LogP) is 3.47. The molecule has 1 saturated heterocycles. The van der Waals surface area contributed by atoms with E-state index in [-0.39, 0.29) is 0 Å². The summed E-state index contributed by atoms with van der Waals surface area (Å²) in [7, 11) is 0. The maximum atomic E-state index is 9.41. The highest BCUT2D eigenvalue weighted by Crippen LogP contribution is 2.19. The molecule has 0 amide bonds. The molecule has 2 aromatic rings. The number of ether oxygens (including phenoxy) is 1. The normalized spacial score (nSPS) is 18.2. The van der Waals surface area contributed by atoms with Crippen LogP contribution in [-0.4, -0.2) is 29.3 Å². The second-order valence-corrected chi connectivity index (χ2v) is 5.98. The fourth-order valence-corrected chi connectivity index (χ4v) is 2.91. The molecule has 4 nitrogen and oxygen atoms in total. The lowest BCUT2D eigenvalue weighted by Gasteiger charge is -2.24. The number of aryl methyl sites for hydroxylation is 1. The molecule has 0 saturated carbocycles. The van der Waals surface area contributed by atoms with Crippen molar-refractivity contribution < 1.29 is 14.3 Å². The van der Waals surface area contributed by atoms with Crippen LogP contribution in [-0.2, 0) is 17.8 Å². The van der Waals surface area contributed by atoms with E-state index < -0.39 is 0 Å². The van der Waals surface area contributed by atoms with E-state index in [0.717, 1.165) is 50.6 Å². The standard InChI is InChI=1S/C18H23NO3/c1-14-4-9-18(22-14)13-19(12-17-3-2-10-21-17)11-15-5-7-16(20)8-6-15/h4-9,17,20H,2-3,10-13H2,1H3. The lowest BCUT2D eigenvalue weighted by atomic mass is 10.1. The van der Waals surface area contributed by atoms with Crippen molar-refractivity contribution in [2.24, 2.45) is 0 Å². The van der Waals surface area contributed by atoms with E-state index in [9.17, 15) is 5.11 Å². The smallest absolute Gasteiger partial charge is 0.118 e. The SMILES string of the molecule is Cc1ccc(CN(Cc2ccc(O)cc2)CC2CCCO2)o1. The van der Waals surface area contributed by atoms with Gasteiger partial charge in [0, 0.05) is 19.7 Å². The van der Waals surface area contributed by atoms with Gasteiger partial charge in [-0.05, 0) is 49.6 Å². The van der Waals surface area contributed by atoms with Crippen molar-refractivity contribution in [2.45, 2.75) is 39.0 Å². The number of furan rings is 1. The summed E-state index contributed by atoms with van der Waals surface area (Å²) in [4.78, 5) is 2.35. The number of nitrogens with zero attached hydrogens (tertiary/aromatic N) is 1. The van der Waals surface area contributed by atoms with Gasteiger partial charge in [-0.2, -0.15) is 0 Å². The molecule has 2 heterocycles. The highest BCUT2D eigenvalue weighted by atomic mass is 16.5. The summed E-state index contributed by atoms with van der Waals surface area (Å²) in [6.45, 7) is 5.33. The van der Waals surface area contributed by atoms with E-state index in [2.05, 4.69) is 4.90 Å². The molecular weight excluding hydrogens is 278 g/mol. The molecule has 1 unspecified atom stereocenters. The third-order valence-electron chi connectivity index (χ3n) is 4.00. The summed E-state index contributed by atoms with van der Waals surface area (Å²) < 4.78 is 11.5. The molecule has 0 radical (unpaired) electrons. The zero-order chi connectivity index (χ0) is 15.4. The third kappa shape index (κ3) is 4.12. The first-order valence-electron chi connectivity index (χ1n) is 7.86. The summed E-state index contributed by atoms with van der Waals surface area (Å²) in [5.74, 6) is 2.22. The molecule has 4 heteroatoms. The fourth-order valence-electron chi connectivity index (χ4n) is 2.91. The van der Waals surface area contributed by atoms with E-state index >= 15 is 0 Å². The molecule has 0 spiro atoms. The molecular formula is C18H23NO3. The number of hydrogen-bond acceptors (Lipinski definition) is 4. The largest absolute Gasteiger partial charge is 0.508 e. The van der Waals surface area contributed by atoms with E-state index in [4.69, 9.17) is 9.15 Å². The second kappa shape index (κ2) is 6.99. The van der Waals surface area contributed by atoms with Gasteiger partial charge in [0.1, 0.15) is 17.3 Å². The number of phenolic OH excluding ortho intramolecular Hbond substituents is 1. The van der Waals surface area contributed by atoms with Gasteiger partial charge in [-0.3, -0.25) is 4.90 Å². The van der Waals surface area contributed by atoms with Crippen molar-refractivity contribution in [3.8, 4) is 5.75 Å². The molecule has 1 atom stereocenters. The maximum Gasteiger partial charge on any atom is 0.118 e. The Hall–Kier alpha value is -1.78. The van der Waals surface area contributed by atoms with Crippen LogP contribution in [0.3, 0.4) is 0 Å². The first-order chi connectivity index (χ1) is 10.7. The van der Waals surface area contributed by atoms with Crippen LogP contribution in [0.25, 0.3) is 0 Å². The summed E-state index contributed by atoms with van der Waals surface area (Å²) in [6.07, 6.45) is 2.59. The first kappa shape index (κ1) is 15.1. The van der Waals surface area contributed by atoms with Gasteiger partial charge in [0.2, 0.25) is 0 Å². The summed E-state index contributed by atoms with van der Waals surface area (Å²) in [6, 6.07) is 11.4. The number of benzene rings is 1. The number of phenols is 1. The van der Waals surface area contributed by atoms with Crippen LogP contribution in [0.15, 0.2) is 40.8 Å². The van der Waals surface area contributed by atoms with Crippen molar-refractivity contribution in [3.05, 3.63) is 53.5 Å². The monoisotopic (exact) mass is 301 g/mol. The fraction of sp³-hybridized carbons (Fsp3) is 0.444. The minimum Gasteiger partial charge on any atom is -0.508 e. The van der Waals surface area contributed by atoms with Gasteiger partial charge in [0.15, 0.2) is 0 Å². The molecule has 1 aliphatic rings. The first-order valence-corrected chi connectivity index (χ1v) is 7.86.